The smallest absolute Gasteiger partial charge is 0.321 e. The van der Waals surface area contributed by atoms with Gasteiger partial charge in [-0.15, -0.1) is 0 Å². The average molecular weight is 534 g/mol. The van der Waals surface area contributed by atoms with Crippen LogP contribution in [-0.4, -0.2) is 62.7 Å². The van der Waals surface area contributed by atoms with Gasteiger partial charge in [0.15, 0.2) is 5.65 Å². The highest BCUT2D eigenvalue weighted by atomic mass is 19.1. The summed E-state index contributed by atoms with van der Waals surface area (Å²) in [5, 5.41) is 13.2. The summed E-state index contributed by atoms with van der Waals surface area (Å²) in [5.74, 6) is -0.0898. The number of carbonyl (C=O) groups excluding carboxylic acids is 2. The van der Waals surface area contributed by atoms with Crippen LogP contribution in [0.4, 0.5) is 26.5 Å². The third-order valence-corrected chi connectivity index (χ3v) is 6.37. The number of carbonyl (C=O) groups is 2. The Labute approximate surface area is 223 Å². The number of hydrogen-bond donors (Lipinski definition) is 4. The molecular formula is C26H28FN9O3. The number of pyridine rings is 1. The number of nitrogens with one attached hydrogen (secondary N) is 3. The lowest BCUT2D eigenvalue weighted by Crippen LogP contribution is -2.33. The van der Waals surface area contributed by atoms with Crippen molar-refractivity contribution < 1.29 is 18.7 Å². The van der Waals surface area contributed by atoms with Crippen LogP contribution in [-0.2, 0) is 6.54 Å². The molecule has 5 N–H and O–H groups in total. The Morgan fingerprint density at radius 1 is 1.28 bits per heavy atom. The minimum absolute atomic E-state index is 0.116. The van der Waals surface area contributed by atoms with Crippen LogP contribution in [0.3, 0.4) is 0 Å². The molecule has 0 radical (unpaired) electrons. The molecule has 0 saturated heterocycles. The fourth-order valence-electron chi connectivity index (χ4n) is 4.11. The lowest BCUT2D eigenvalue weighted by atomic mass is 10.1. The lowest BCUT2D eigenvalue weighted by Gasteiger charge is -2.18. The number of ether oxygens (including phenoxy) is 1. The molecule has 2 bridgehead atoms. The number of nitrogens with two attached hydrogens (primary N) is 1. The number of halogens is 1. The van der Waals surface area contributed by atoms with Crippen molar-refractivity contribution in [3.8, 4) is 17.0 Å². The molecule has 202 valence electrons. The third-order valence-electron chi connectivity index (χ3n) is 6.37. The van der Waals surface area contributed by atoms with Crippen molar-refractivity contribution in [3.63, 3.8) is 0 Å². The Kier molecular flexibility index (Phi) is 6.88. The maximum Gasteiger partial charge on any atom is 0.321 e. The van der Waals surface area contributed by atoms with Gasteiger partial charge in [0.05, 0.1) is 24.5 Å². The highest BCUT2D eigenvalue weighted by Crippen LogP contribution is 2.35. The zero-order valence-corrected chi connectivity index (χ0v) is 21.7. The summed E-state index contributed by atoms with van der Waals surface area (Å²) < 4.78 is 21.4. The standard InChI is InChI=1S/C26H28FN9O3/c1-4-35(3)26(38)33-18-7-5-15(6-8-18)20-21(28)36-23-19(13-32-36)24(37)30-10-14(2)39-25-16(9-17(27)12-31-25)11-29-22(20)34-23/h5-9,12-14H,4,10-11,28H2,1-3H3,(H,29,34)(H,30,37)(H,33,38). The van der Waals surface area contributed by atoms with Gasteiger partial charge >= 0.3 is 6.03 Å². The van der Waals surface area contributed by atoms with Gasteiger partial charge in [0, 0.05) is 31.4 Å². The van der Waals surface area contributed by atoms with E-state index in [0.29, 0.717) is 34.7 Å². The van der Waals surface area contributed by atoms with Crippen LogP contribution in [0.5, 0.6) is 5.88 Å². The van der Waals surface area contributed by atoms with Crippen LogP contribution < -0.4 is 26.4 Å². The second kappa shape index (κ2) is 10.4. The molecule has 0 aliphatic carbocycles. The molecule has 1 aliphatic heterocycles. The molecule has 4 aromatic rings. The second-order valence-electron chi connectivity index (χ2n) is 9.15. The molecule has 3 aromatic heterocycles. The quantitative estimate of drug-likeness (QED) is 0.314. The second-order valence-corrected chi connectivity index (χ2v) is 9.15. The van der Waals surface area contributed by atoms with E-state index in [-0.39, 0.29) is 42.0 Å². The van der Waals surface area contributed by atoms with Gasteiger partial charge in [0.25, 0.3) is 5.91 Å². The summed E-state index contributed by atoms with van der Waals surface area (Å²) in [5.41, 5.74) is 9.34. The molecule has 1 unspecified atom stereocenters. The highest BCUT2D eigenvalue weighted by Gasteiger charge is 2.23. The van der Waals surface area contributed by atoms with Crippen molar-refractivity contribution in [1.29, 1.82) is 0 Å². The van der Waals surface area contributed by atoms with E-state index in [0.717, 1.165) is 6.20 Å². The lowest BCUT2D eigenvalue weighted by molar-refractivity contribution is 0.0932. The summed E-state index contributed by atoms with van der Waals surface area (Å²) in [6.07, 6.45) is 2.04. The maximum absolute atomic E-state index is 14.1. The molecule has 12 nitrogen and oxygen atoms in total. The number of nitrogen functional groups attached to an aromatic ring is 1. The van der Waals surface area contributed by atoms with Gasteiger partial charge < -0.3 is 31.3 Å². The maximum atomic E-state index is 14.1. The highest BCUT2D eigenvalue weighted by molar-refractivity contribution is 6.01. The summed E-state index contributed by atoms with van der Waals surface area (Å²) >= 11 is 0. The van der Waals surface area contributed by atoms with E-state index in [2.05, 4.69) is 26.0 Å². The average Bonchev–Trinajstić information content (AvgIpc) is 3.36. The molecule has 4 heterocycles. The Balaban J connectivity index is 1.59. The number of urea groups is 1. The number of amides is 3. The predicted molar refractivity (Wildman–Crippen MR) is 144 cm³/mol. The van der Waals surface area contributed by atoms with Crippen molar-refractivity contribution in [2.45, 2.75) is 26.5 Å². The molecule has 1 aromatic carbocycles. The molecule has 5 rings (SSSR count). The van der Waals surface area contributed by atoms with E-state index in [9.17, 15) is 14.0 Å². The normalized spacial score (nSPS) is 15.2. The van der Waals surface area contributed by atoms with Crippen molar-refractivity contribution in [2.75, 3.05) is 36.5 Å². The number of anilines is 3. The largest absolute Gasteiger partial charge is 0.473 e. The SMILES string of the molecule is CCN(C)C(=O)Nc1ccc(-c2c3nc4c(cnn4c2N)C(=O)NCC(C)Oc2ncc(F)cc2CN3)cc1. The number of benzene rings is 1. The minimum Gasteiger partial charge on any atom is -0.473 e. The van der Waals surface area contributed by atoms with Crippen LogP contribution in [0.2, 0.25) is 0 Å². The van der Waals surface area contributed by atoms with E-state index >= 15 is 0 Å². The number of fused-ring (bicyclic) bond motifs is 2. The molecule has 1 atom stereocenters. The molecule has 3 amide bonds. The van der Waals surface area contributed by atoms with Crippen molar-refractivity contribution in [2.24, 2.45) is 0 Å². The van der Waals surface area contributed by atoms with Gasteiger partial charge in [-0.1, -0.05) is 12.1 Å². The van der Waals surface area contributed by atoms with Gasteiger partial charge in [-0.2, -0.15) is 9.61 Å². The topological polar surface area (TPSA) is 152 Å². The first-order valence-corrected chi connectivity index (χ1v) is 12.4. The molecule has 0 spiro atoms. The van der Waals surface area contributed by atoms with Gasteiger partial charge in [-0.05, 0) is 37.6 Å². The van der Waals surface area contributed by atoms with E-state index in [1.807, 2.05) is 6.92 Å². The monoisotopic (exact) mass is 533 g/mol. The molecular weight excluding hydrogens is 505 g/mol. The Bertz CT molecular complexity index is 1550. The van der Waals surface area contributed by atoms with Crippen LogP contribution in [0.25, 0.3) is 16.8 Å². The summed E-state index contributed by atoms with van der Waals surface area (Å²) in [7, 11) is 1.70. The van der Waals surface area contributed by atoms with E-state index < -0.39 is 17.8 Å². The molecule has 39 heavy (non-hydrogen) atoms. The first-order valence-electron chi connectivity index (χ1n) is 12.4. The molecule has 0 fully saturated rings. The van der Waals surface area contributed by atoms with Crippen LogP contribution >= 0.6 is 0 Å². The zero-order valence-electron chi connectivity index (χ0n) is 21.7. The summed E-state index contributed by atoms with van der Waals surface area (Å²) in [6.45, 7) is 4.52. The summed E-state index contributed by atoms with van der Waals surface area (Å²) in [4.78, 5) is 35.6. The van der Waals surface area contributed by atoms with Crippen molar-refractivity contribution in [1.82, 2.24) is 29.8 Å². The van der Waals surface area contributed by atoms with Gasteiger partial charge in [0.1, 0.15) is 29.1 Å². The van der Waals surface area contributed by atoms with E-state index in [4.69, 9.17) is 15.5 Å². The molecule has 1 aliphatic rings. The Morgan fingerprint density at radius 2 is 2.05 bits per heavy atom. The minimum atomic E-state index is -0.517. The van der Waals surface area contributed by atoms with Crippen molar-refractivity contribution >= 4 is 34.9 Å². The summed E-state index contributed by atoms with van der Waals surface area (Å²) in [6, 6.07) is 8.17. The fraction of sp³-hybridized carbons (Fsp3) is 0.269. The number of nitrogens with zero attached hydrogens (tertiary/aromatic N) is 5. The number of aromatic nitrogens is 4. The number of hydrogen-bond acceptors (Lipinski definition) is 8. The predicted octanol–water partition coefficient (Wildman–Crippen LogP) is 3.12. The van der Waals surface area contributed by atoms with E-state index in [1.54, 1.807) is 43.1 Å². The van der Waals surface area contributed by atoms with E-state index in [1.165, 1.54) is 16.8 Å². The molecule has 0 saturated carbocycles. The molecule has 13 heteroatoms. The van der Waals surface area contributed by atoms with Gasteiger partial charge in [-0.25, -0.2) is 19.2 Å². The Hall–Kier alpha value is -4.94. The zero-order chi connectivity index (χ0) is 27.7. The van der Waals surface area contributed by atoms with Crippen molar-refractivity contribution in [3.05, 3.63) is 59.7 Å². The van der Waals surface area contributed by atoms with Crippen LogP contribution in [0.1, 0.15) is 29.8 Å². The third kappa shape index (κ3) is 5.10. The van der Waals surface area contributed by atoms with Crippen LogP contribution in [0.15, 0.2) is 42.7 Å². The first kappa shape index (κ1) is 25.7. The number of rotatable bonds is 3. The Morgan fingerprint density at radius 3 is 2.79 bits per heavy atom. The first-order chi connectivity index (χ1) is 18.7. The fourth-order valence-corrected chi connectivity index (χ4v) is 4.11. The van der Waals surface area contributed by atoms with Gasteiger partial charge in [0.2, 0.25) is 5.88 Å². The van der Waals surface area contributed by atoms with Gasteiger partial charge in [-0.3, -0.25) is 4.79 Å². The van der Waals surface area contributed by atoms with Crippen LogP contribution in [0, 0.1) is 5.82 Å².